The van der Waals surface area contributed by atoms with Gasteiger partial charge in [-0.25, -0.2) is 4.79 Å². The van der Waals surface area contributed by atoms with E-state index in [0.29, 0.717) is 12.0 Å². The van der Waals surface area contributed by atoms with Crippen molar-refractivity contribution in [3.05, 3.63) is 0 Å². The fraction of sp³-hybridized carbons (Fsp3) is 0.944. The summed E-state index contributed by atoms with van der Waals surface area (Å²) in [5, 5.41) is 6.75. The van der Waals surface area contributed by atoms with E-state index in [2.05, 4.69) is 22.6 Å². The molecule has 0 radical (unpaired) electrons. The third-order valence-corrected chi connectivity index (χ3v) is 4.97. The zero-order valence-corrected chi connectivity index (χ0v) is 15.4. The van der Waals surface area contributed by atoms with Crippen molar-refractivity contribution < 1.29 is 9.53 Å². The van der Waals surface area contributed by atoms with Crippen molar-refractivity contribution in [2.24, 2.45) is 11.8 Å². The van der Waals surface area contributed by atoms with E-state index >= 15 is 0 Å². The molecule has 0 aromatic heterocycles. The molecule has 1 saturated heterocycles. The average molecular weight is 325 g/mol. The number of carbonyl (C=O) groups excluding carboxylic acids is 1. The zero-order chi connectivity index (χ0) is 16.9. The van der Waals surface area contributed by atoms with Gasteiger partial charge in [0.05, 0.1) is 0 Å². The first-order valence-corrected chi connectivity index (χ1v) is 9.22. The Bertz CT molecular complexity index is 381. The Hall–Kier alpha value is -0.810. The minimum Gasteiger partial charge on any atom is -0.444 e. The van der Waals surface area contributed by atoms with Crippen LogP contribution in [0.25, 0.3) is 0 Å². The van der Waals surface area contributed by atoms with Gasteiger partial charge in [0, 0.05) is 19.1 Å². The van der Waals surface area contributed by atoms with Gasteiger partial charge in [-0.1, -0.05) is 12.8 Å². The monoisotopic (exact) mass is 325 g/mol. The van der Waals surface area contributed by atoms with Crippen molar-refractivity contribution in [3.8, 4) is 0 Å². The first-order chi connectivity index (χ1) is 10.8. The molecule has 0 aromatic rings. The number of carbonyl (C=O) groups is 1. The summed E-state index contributed by atoms with van der Waals surface area (Å²) in [5.74, 6) is 1.30. The fourth-order valence-electron chi connectivity index (χ4n) is 3.76. The van der Waals surface area contributed by atoms with Crippen molar-refractivity contribution in [2.75, 3.05) is 33.2 Å². The topological polar surface area (TPSA) is 53.6 Å². The average Bonchev–Trinajstić information content (AvgIpc) is 2.87. The third-order valence-electron chi connectivity index (χ3n) is 4.97. The molecule has 0 bridgehead atoms. The predicted molar refractivity (Wildman–Crippen MR) is 93.6 cm³/mol. The summed E-state index contributed by atoms with van der Waals surface area (Å²) in [6.45, 7) is 9.96. The quantitative estimate of drug-likeness (QED) is 0.816. The lowest BCUT2D eigenvalue weighted by molar-refractivity contribution is 0.0510. The van der Waals surface area contributed by atoms with Gasteiger partial charge in [0.15, 0.2) is 0 Å². The van der Waals surface area contributed by atoms with Crippen LogP contribution in [-0.2, 0) is 4.74 Å². The number of ether oxygens (including phenoxy) is 1. The molecule has 0 aromatic carbocycles. The van der Waals surface area contributed by atoms with E-state index in [4.69, 9.17) is 4.74 Å². The van der Waals surface area contributed by atoms with Crippen molar-refractivity contribution in [1.29, 1.82) is 0 Å². The van der Waals surface area contributed by atoms with Crippen LogP contribution in [0.15, 0.2) is 0 Å². The number of likely N-dealkylation sites (tertiary alicyclic amines) is 1. The van der Waals surface area contributed by atoms with Crippen molar-refractivity contribution >= 4 is 6.09 Å². The lowest BCUT2D eigenvalue weighted by Gasteiger charge is -2.33. The minimum absolute atomic E-state index is 0.292. The first-order valence-electron chi connectivity index (χ1n) is 9.22. The molecule has 2 aliphatic rings. The molecule has 1 saturated carbocycles. The van der Waals surface area contributed by atoms with Gasteiger partial charge in [-0.3, -0.25) is 0 Å². The van der Waals surface area contributed by atoms with E-state index < -0.39 is 5.60 Å². The molecule has 134 valence electrons. The lowest BCUT2D eigenvalue weighted by Crippen LogP contribution is -2.46. The Labute approximate surface area is 141 Å². The molecule has 3 atom stereocenters. The number of nitrogens with one attached hydrogen (secondary N) is 2. The standard InChI is InChI=1S/C18H35N3O2/c1-18(2,3)23-17(22)20-12-15-7-5-6-8-16(15)19-11-14-9-10-21(4)13-14/h14-16,19H,5-13H2,1-4H3,(H,20,22). The Balaban J connectivity index is 1.73. The van der Waals surface area contributed by atoms with E-state index in [9.17, 15) is 4.79 Å². The van der Waals surface area contributed by atoms with Crippen molar-refractivity contribution in [1.82, 2.24) is 15.5 Å². The Morgan fingerprint density at radius 2 is 1.91 bits per heavy atom. The van der Waals surface area contributed by atoms with Crippen molar-refractivity contribution in [2.45, 2.75) is 64.5 Å². The fourth-order valence-corrected chi connectivity index (χ4v) is 3.76. The summed E-state index contributed by atoms with van der Waals surface area (Å²) >= 11 is 0. The van der Waals surface area contributed by atoms with Gasteiger partial charge in [0.25, 0.3) is 0 Å². The number of amides is 1. The Morgan fingerprint density at radius 1 is 1.17 bits per heavy atom. The maximum absolute atomic E-state index is 11.9. The molecule has 3 unspecified atom stereocenters. The highest BCUT2D eigenvalue weighted by atomic mass is 16.6. The molecule has 23 heavy (non-hydrogen) atoms. The van der Waals surface area contributed by atoms with Gasteiger partial charge >= 0.3 is 6.09 Å². The highest BCUT2D eigenvalue weighted by Gasteiger charge is 2.27. The maximum atomic E-state index is 11.9. The van der Waals surface area contributed by atoms with Crippen molar-refractivity contribution in [3.63, 3.8) is 0 Å². The highest BCUT2D eigenvalue weighted by Crippen LogP contribution is 2.25. The molecule has 1 amide bonds. The predicted octanol–water partition coefficient (Wildman–Crippen LogP) is 2.61. The molecule has 5 heteroatoms. The van der Waals surface area contributed by atoms with Crippen LogP contribution in [0.5, 0.6) is 0 Å². The van der Waals surface area contributed by atoms with Crippen LogP contribution in [0.1, 0.15) is 52.9 Å². The molecular formula is C18H35N3O2. The zero-order valence-electron chi connectivity index (χ0n) is 15.4. The first kappa shape index (κ1) is 18.5. The molecule has 1 aliphatic heterocycles. The summed E-state index contributed by atoms with van der Waals surface area (Å²) < 4.78 is 5.34. The number of nitrogens with zero attached hydrogens (tertiary/aromatic N) is 1. The molecule has 2 N–H and O–H groups in total. The summed E-state index contributed by atoms with van der Waals surface area (Å²) in [5.41, 5.74) is -0.428. The largest absolute Gasteiger partial charge is 0.444 e. The van der Waals surface area contributed by atoms with Crippen LogP contribution in [-0.4, -0.2) is 55.9 Å². The number of alkyl carbamates (subject to hydrolysis) is 1. The second-order valence-corrected chi connectivity index (χ2v) is 8.36. The van der Waals surface area contributed by atoms with E-state index in [-0.39, 0.29) is 6.09 Å². The summed E-state index contributed by atoms with van der Waals surface area (Å²) in [6.07, 6.45) is 5.99. The number of hydrogen-bond acceptors (Lipinski definition) is 4. The van der Waals surface area contributed by atoms with E-state index in [1.807, 2.05) is 20.8 Å². The second kappa shape index (κ2) is 8.34. The molecule has 0 spiro atoms. The Morgan fingerprint density at radius 3 is 2.57 bits per heavy atom. The van der Waals surface area contributed by atoms with E-state index in [1.54, 1.807) is 0 Å². The summed E-state index contributed by atoms with van der Waals surface area (Å²) in [4.78, 5) is 14.3. The molecule has 2 fully saturated rings. The van der Waals surface area contributed by atoms with Crippen LogP contribution in [0.4, 0.5) is 4.79 Å². The number of rotatable bonds is 5. The molecular weight excluding hydrogens is 290 g/mol. The molecule has 2 rings (SSSR count). The lowest BCUT2D eigenvalue weighted by atomic mass is 9.84. The van der Waals surface area contributed by atoms with Gasteiger partial charge in [-0.2, -0.15) is 0 Å². The van der Waals surface area contributed by atoms with Gasteiger partial charge in [0.2, 0.25) is 0 Å². The molecule has 1 heterocycles. The van der Waals surface area contributed by atoms with Crippen LogP contribution >= 0.6 is 0 Å². The third kappa shape index (κ3) is 6.68. The molecule has 5 nitrogen and oxygen atoms in total. The smallest absolute Gasteiger partial charge is 0.407 e. The van der Waals surface area contributed by atoms with Crippen LogP contribution in [0.3, 0.4) is 0 Å². The summed E-state index contributed by atoms with van der Waals surface area (Å²) in [7, 11) is 2.20. The summed E-state index contributed by atoms with van der Waals surface area (Å²) in [6, 6.07) is 0.532. The van der Waals surface area contributed by atoms with Crippen LogP contribution in [0.2, 0.25) is 0 Å². The van der Waals surface area contributed by atoms with E-state index in [0.717, 1.165) is 19.0 Å². The van der Waals surface area contributed by atoms with Crippen LogP contribution < -0.4 is 10.6 Å². The van der Waals surface area contributed by atoms with Gasteiger partial charge in [0.1, 0.15) is 5.60 Å². The minimum atomic E-state index is -0.428. The van der Waals surface area contributed by atoms with Gasteiger partial charge in [-0.15, -0.1) is 0 Å². The van der Waals surface area contributed by atoms with Gasteiger partial charge in [-0.05, 0) is 72.0 Å². The van der Waals surface area contributed by atoms with Crippen LogP contribution in [0, 0.1) is 11.8 Å². The highest BCUT2D eigenvalue weighted by molar-refractivity contribution is 5.67. The van der Waals surface area contributed by atoms with Gasteiger partial charge < -0.3 is 20.3 Å². The normalized spacial score (nSPS) is 29.5. The maximum Gasteiger partial charge on any atom is 0.407 e. The second-order valence-electron chi connectivity index (χ2n) is 8.36. The SMILES string of the molecule is CN1CCC(CNC2CCCCC2CNC(=O)OC(C)(C)C)C1. The van der Waals surface area contributed by atoms with E-state index in [1.165, 1.54) is 45.2 Å². The molecule has 1 aliphatic carbocycles. The Kier molecular flexibility index (Phi) is 6.72. The number of hydrogen-bond donors (Lipinski definition) is 2.